The van der Waals surface area contributed by atoms with Gasteiger partial charge in [0, 0.05) is 6.42 Å². The van der Waals surface area contributed by atoms with Gasteiger partial charge in [-0.05, 0) is 105 Å². The molecule has 0 heterocycles. The number of carboxylic acids is 1. The van der Waals surface area contributed by atoms with Crippen LogP contribution in [0.4, 0.5) is 0 Å². The summed E-state index contributed by atoms with van der Waals surface area (Å²) in [6, 6.07) is 0. The Morgan fingerprint density at radius 2 is 1.67 bits per heavy atom. The zero-order valence-corrected chi connectivity index (χ0v) is 17.1. The van der Waals surface area contributed by atoms with Crippen molar-refractivity contribution in [3.8, 4) is 0 Å². The van der Waals surface area contributed by atoms with Crippen LogP contribution in [0, 0.1) is 40.4 Å². The molecule has 0 bridgehead atoms. The lowest BCUT2D eigenvalue weighted by Gasteiger charge is -2.62. The molecule has 0 spiro atoms. The summed E-state index contributed by atoms with van der Waals surface area (Å²) >= 11 is 0. The third-order valence-electron chi connectivity index (χ3n) is 9.80. The lowest BCUT2D eigenvalue weighted by Crippen LogP contribution is -2.58. The molecular weight excluding hydrogens is 340 g/mol. The van der Waals surface area contributed by atoms with Gasteiger partial charge in [-0.1, -0.05) is 13.8 Å². The molecule has 0 unspecified atom stereocenters. The molecule has 3 N–H and O–H groups in total. The smallest absolute Gasteiger partial charge is 0.303 e. The van der Waals surface area contributed by atoms with Gasteiger partial charge in [0.15, 0.2) is 0 Å². The van der Waals surface area contributed by atoms with Crippen molar-refractivity contribution in [2.75, 3.05) is 0 Å². The van der Waals surface area contributed by atoms with E-state index in [0.717, 1.165) is 38.5 Å². The number of fused-ring (bicyclic) bond motifs is 5. The molecule has 0 aromatic heterocycles. The maximum atomic E-state index is 11.2. The standard InChI is InChI=1S/C23H38O4/c1-22-11-9-18-21(17(22)7-6-14(22)4-3-5-20(26)27)19(25)13-15-12-16(24)8-10-23(15,18)2/h14-19,21,24-25H,3-13H2,1-2H3,(H,26,27)/t14-,15-,16+,17-,18-,19-,21-,22+,23-/m0/s1. The number of aliphatic carboxylic acids is 1. The lowest BCUT2D eigenvalue weighted by atomic mass is 9.44. The van der Waals surface area contributed by atoms with Crippen molar-refractivity contribution in [1.29, 1.82) is 0 Å². The minimum atomic E-state index is -0.681. The number of hydrogen-bond acceptors (Lipinski definition) is 3. The number of aliphatic hydroxyl groups excluding tert-OH is 2. The molecule has 4 heteroatoms. The number of rotatable bonds is 4. The highest BCUT2D eigenvalue weighted by Crippen LogP contribution is 2.67. The van der Waals surface area contributed by atoms with E-state index in [1.807, 2.05) is 0 Å². The van der Waals surface area contributed by atoms with E-state index in [9.17, 15) is 15.0 Å². The van der Waals surface area contributed by atoms with E-state index in [1.165, 1.54) is 25.7 Å². The first-order valence-electron chi connectivity index (χ1n) is 11.3. The first kappa shape index (κ1) is 19.7. The van der Waals surface area contributed by atoms with Crippen molar-refractivity contribution >= 4 is 5.97 Å². The number of carbonyl (C=O) groups is 1. The van der Waals surface area contributed by atoms with E-state index in [4.69, 9.17) is 5.11 Å². The Balaban J connectivity index is 1.53. The summed E-state index contributed by atoms with van der Waals surface area (Å²) < 4.78 is 0. The summed E-state index contributed by atoms with van der Waals surface area (Å²) in [4.78, 5) is 10.9. The van der Waals surface area contributed by atoms with Crippen LogP contribution < -0.4 is 0 Å². The molecule has 4 aliphatic rings. The van der Waals surface area contributed by atoms with Crippen molar-refractivity contribution in [2.45, 2.75) is 96.7 Å². The van der Waals surface area contributed by atoms with Crippen LogP contribution in [0.2, 0.25) is 0 Å². The predicted molar refractivity (Wildman–Crippen MR) is 104 cm³/mol. The van der Waals surface area contributed by atoms with E-state index in [0.29, 0.717) is 29.6 Å². The van der Waals surface area contributed by atoms with Gasteiger partial charge < -0.3 is 15.3 Å². The normalized spacial score (nSPS) is 51.9. The molecule has 4 nitrogen and oxygen atoms in total. The van der Waals surface area contributed by atoms with Gasteiger partial charge in [-0.25, -0.2) is 0 Å². The molecule has 4 fully saturated rings. The van der Waals surface area contributed by atoms with Gasteiger partial charge in [0.2, 0.25) is 0 Å². The molecule has 4 rings (SSSR count). The second-order valence-electron chi connectivity index (χ2n) is 10.8. The topological polar surface area (TPSA) is 77.8 Å². The lowest BCUT2D eigenvalue weighted by molar-refractivity contribution is -0.172. The number of carboxylic acid groups (broad SMARTS) is 1. The van der Waals surface area contributed by atoms with Crippen LogP contribution in [0.5, 0.6) is 0 Å². The molecule has 0 radical (unpaired) electrons. The third-order valence-corrected chi connectivity index (χ3v) is 9.80. The highest BCUT2D eigenvalue weighted by atomic mass is 16.4. The molecule has 9 atom stereocenters. The highest BCUT2D eigenvalue weighted by Gasteiger charge is 2.62. The second-order valence-corrected chi connectivity index (χ2v) is 10.8. The maximum absolute atomic E-state index is 11.2. The Bertz CT molecular complexity index is 577. The van der Waals surface area contributed by atoms with E-state index in [-0.39, 0.29) is 29.5 Å². The Kier molecular flexibility index (Phi) is 5.12. The summed E-state index contributed by atoms with van der Waals surface area (Å²) in [7, 11) is 0. The van der Waals surface area contributed by atoms with E-state index >= 15 is 0 Å². The van der Waals surface area contributed by atoms with Crippen molar-refractivity contribution in [2.24, 2.45) is 40.4 Å². The Morgan fingerprint density at radius 3 is 2.41 bits per heavy atom. The fraction of sp³-hybridized carbons (Fsp3) is 0.957. The van der Waals surface area contributed by atoms with E-state index in [2.05, 4.69) is 13.8 Å². The van der Waals surface area contributed by atoms with Crippen LogP contribution in [-0.4, -0.2) is 33.5 Å². The molecule has 4 saturated carbocycles. The minimum Gasteiger partial charge on any atom is -0.481 e. The van der Waals surface area contributed by atoms with Gasteiger partial charge in [-0.2, -0.15) is 0 Å². The predicted octanol–water partition coefficient (Wildman–Crippen LogP) is 4.23. The maximum Gasteiger partial charge on any atom is 0.303 e. The van der Waals surface area contributed by atoms with Crippen molar-refractivity contribution in [3.63, 3.8) is 0 Å². The highest BCUT2D eigenvalue weighted by molar-refractivity contribution is 5.66. The number of aliphatic hydroxyl groups is 2. The summed E-state index contributed by atoms with van der Waals surface area (Å²) in [5.41, 5.74) is 0.559. The number of hydrogen-bond donors (Lipinski definition) is 3. The van der Waals surface area contributed by atoms with Gasteiger partial charge in [0.25, 0.3) is 0 Å². The summed E-state index contributed by atoms with van der Waals surface area (Å²) in [5.74, 6) is 1.99. The first-order valence-corrected chi connectivity index (χ1v) is 11.3. The fourth-order valence-corrected chi connectivity index (χ4v) is 8.28. The first-order chi connectivity index (χ1) is 12.8. The van der Waals surface area contributed by atoms with Crippen molar-refractivity contribution in [1.82, 2.24) is 0 Å². The summed E-state index contributed by atoms with van der Waals surface area (Å²) in [5, 5.41) is 30.3. The molecule has 27 heavy (non-hydrogen) atoms. The minimum absolute atomic E-state index is 0.175. The van der Waals surface area contributed by atoms with Crippen LogP contribution >= 0.6 is 0 Å². The molecule has 0 aromatic rings. The van der Waals surface area contributed by atoms with Crippen molar-refractivity contribution in [3.05, 3.63) is 0 Å². The monoisotopic (exact) mass is 378 g/mol. The van der Waals surface area contributed by atoms with Gasteiger partial charge in [0.1, 0.15) is 0 Å². The van der Waals surface area contributed by atoms with Crippen LogP contribution in [0.1, 0.15) is 84.5 Å². The SMILES string of the molecule is C[C@]12CC[C@@H](O)C[C@H]1C[C@H](O)[C@@H]1[C@@H]2CC[C@]2(C)[C@@H](CCCC(=O)O)CC[C@@H]12. The van der Waals surface area contributed by atoms with E-state index in [1.54, 1.807) is 0 Å². The van der Waals surface area contributed by atoms with E-state index < -0.39 is 5.97 Å². The van der Waals surface area contributed by atoms with Gasteiger partial charge in [-0.15, -0.1) is 0 Å². The zero-order chi connectivity index (χ0) is 19.4. The molecular formula is C23H38O4. The molecule has 0 amide bonds. The molecule has 0 aliphatic heterocycles. The average molecular weight is 379 g/mol. The van der Waals surface area contributed by atoms with Gasteiger partial charge >= 0.3 is 5.97 Å². The van der Waals surface area contributed by atoms with Gasteiger partial charge in [0.05, 0.1) is 12.2 Å². The van der Waals surface area contributed by atoms with Crippen LogP contribution in [0.25, 0.3) is 0 Å². The quantitative estimate of drug-likeness (QED) is 0.684. The average Bonchev–Trinajstić information content (AvgIpc) is 2.93. The van der Waals surface area contributed by atoms with Crippen LogP contribution in [0.3, 0.4) is 0 Å². The van der Waals surface area contributed by atoms with Gasteiger partial charge in [-0.3, -0.25) is 4.79 Å². The zero-order valence-electron chi connectivity index (χ0n) is 17.1. The molecule has 0 saturated heterocycles. The Hall–Kier alpha value is -0.610. The largest absolute Gasteiger partial charge is 0.481 e. The van der Waals surface area contributed by atoms with Crippen molar-refractivity contribution < 1.29 is 20.1 Å². The van der Waals surface area contributed by atoms with Crippen LogP contribution in [0.15, 0.2) is 0 Å². The Labute approximate surface area is 163 Å². The fourth-order valence-electron chi connectivity index (χ4n) is 8.28. The molecule has 154 valence electrons. The van der Waals surface area contributed by atoms with Crippen LogP contribution in [-0.2, 0) is 4.79 Å². The second kappa shape index (κ2) is 7.02. The molecule has 0 aromatic carbocycles. The summed E-state index contributed by atoms with van der Waals surface area (Å²) in [6.45, 7) is 4.90. The summed E-state index contributed by atoms with van der Waals surface area (Å²) in [6.07, 6.45) is 10.3. The Morgan fingerprint density at radius 1 is 0.963 bits per heavy atom. The third kappa shape index (κ3) is 3.15. The molecule has 4 aliphatic carbocycles.